The predicted octanol–water partition coefficient (Wildman–Crippen LogP) is 2.68. The van der Waals surface area contributed by atoms with Crippen molar-refractivity contribution in [1.29, 1.82) is 0 Å². The van der Waals surface area contributed by atoms with Crippen LogP contribution in [0.2, 0.25) is 0 Å². The first-order valence-electron chi connectivity index (χ1n) is 12.5. The van der Waals surface area contributed by atoms with Gasteiger partial charge >= 0.3 is 22.4 Å². The topological polar surface area (TPSA) is 115 Å². The second-order valence-corrected chi connectivity index (χ2v) is 7.06. The number of rotatable bonds is 15. The fourth-order valence-electron chi connectivity index (χ4n) is 1.76. The van der Waals surface area contributed by atoms with Crippen LogP contribution in [-0.2, 0) is 22.4 Å². The maximum Gasteiger partial charge on any atom is 5.00 e. The molecule has 5 nitrogen and oxygen atoms in total. The predicted molar refractivity (Wildman–Crippen MR) is 122 cm³/mol. The first kappa shape index (κ1) is 45.1. The molecular formula is C25H55NbO5. The van der Waals surface area contributed by atoms with Crippen molar-refractivity contribution in [3.63, 3.8) is 0 Å². The molecule has 0 radical (unpaired) electrons. The average Bonchev–Trinajstić information content (AvgIpc) is 2.78. The SMILES string of the molecule is CCCCC[O-].CCCCC[O-].CCCCC[O-].CCCCC[O-].CCCCC[O-].[Nb+5]. The zero-order valence-corrected chi connectivity index (χ0v) is 23.8. The molecule has 190 valence electrons. The Hall–Kier alpha value is 0.540. The molecule has 0 amide bonds. The molecule has 0 aromatic rings. The molecule has 31 heavy (non-hydrogen) atoms. The van der Waals surface area contributed by atoms with E-state index < -0.39 is 0 Å². The van der Waals surface area contributed by atoms with Crippen LogP contribution in [0.4, 0.5) is 0 Å². The van der Waals surface area contributed by atoms with Crippen LogP contribution in [0.3, 0.4) is 0 Å². The van der Waals surface area contributed by atoms with Crippen LogP contribution in [0.15, 0.2) is 0 Å². The van der Waals surface area contributed by atoms with Crippen molar-refractivity contribution in [2.75, 3.05) is 33.0 Å². The monoisotopic (exact) mass is 528 g/mol. The van der Waals surface area contributed by atoms with Gasteiger partial charge in [-0.05, 0) is 0 Å². The largest absolute Gasteiger partial charge is 5.00 e. The molecule has 0 aliphatic rings. The van der Waals surface area contributed by atoms with E-state index in [2.05, 4.69) is 34.6 Å². The molecule has 0 unspecified atom stereocenters. The number of hydrogen-bond donors (Lipinski definition) is 0. The van der Waals surface area contributed by atoms with Crippen LogP contribution in [0.5, 0.6) is 0 Å². The Bertz CT molecular complexity index is 132. The van der Waals surface area contributed by atoms with E-state index in [0.29, 0.717) is 0 Å². The molecule has 0 aromatic heterocycles. The molecule has 0 spiro atoms. The summed E-state index contributed by atoms with van der Waals surface area (Å²) in [6.07, 6.45) is 15.6. The molecule has 6 heteroatoms. The third kappa shape index (κ3) is 103. The van der Waals surface area contributed by atoms with E-state index in [1.54, 1.807) is 0 Å². The Morgan fingerprint density at radius 3 is 0.452 bits per heavy atom. The van der Waals surface area contributed by atoms with Crippen LogP contribution in [-0.4, -0.2) is 33.0 Å². The Morgan fingerprint density at radius 2 is 0.419 bits per heavy atom. The summed E-state index contributed by atoms with van der Waals surface area (Å²) in [7, 11) is 0. The second-order valence-electron chi connectivity index (χ2n) is 7.06. The summed E-state index contributed by atoms with van der Waals surface area (Å²) in [6, 6.07) is 0. The first-order chi connectivity index (χ1) is 14.6. The van der Waals surface area contributed by atoms with Gasteiger partial charge in [0.1, 0.15) is 0 Å². The smallest absolute Gasteiger partial charge is 0.854 e. The zero-order valence-electron chi connectivity index (χ0n) is 21.6. The van der Waals surface area contributed by atoms with E-state index in [0.717, 1.165) is 96.3 Å². The fourth-order valence-corrected chi connectivity index (χ4v) is 1.76. The van der Waals surface area contributed by atoms with Gasteiger partial charge in [0.2, 0.25) is 0 Å². The molecule has 0 heterocycles. The first-order valence-corrected chi connectivity index (χ1v) is 12.5. The minimum Gasteiger partial charge on any atom is -0.854 e. The van der Waals surface area contributed by atoms with Gasteiger partial charge in [-0.1, -0.05) is 131 Å². The maximum atomic E-state index is 9.69. The van der Waals surface area contributed by atoms with Crippen LogP contribution in [0.1, 0.15) is 131 Å². The summed E-state index contributed by atoms with van der Waals surface area (Å²) in [6.45, 7) is 11.0. The van der Waals surface area contributed by atoms with Gasteiger partial charge in [0.25, 0.3) is 0 Å². The van der Waals surface area contributed by atoms with E-state index >= 15 is 0 Å². The fraction of sp³-hybridized carbons (Fsp3) is 1.00. The van der Waals surface area contributed by atoms with E-state index in [1.165, 1.54) is 0 Å². The summed E-state index contributed by atoms with van der Waals surface area (Å²) in [4.78, 5) is 0. The van der Waals surface area contributed by atoms with Crippen molar-refractivity contribution in [2.45, 2.75) is 131 Å². The van der Waals surface area contributed by atoms with Gasteiger partial charge < -0.3 is 25.5 Å². The minimum absolute atomic E-state index is 0. The standard InChI is InChI=1S/5C5H11O.Nb/c5*1-2-3-4-5-6;/h5*2-5H2,1H3;/q5*-1;+5. The van der Waals surface area contributed by atoms with Gasteiger partial charge in [-0.15, -0.1) is 33.0 Å². The van der Waals surface area contributed by atoms with Crippen molar-refractivity contribution in [1.82, 2.24) is 0 Å². The van der Waals surface area contributed by atoms with Crippen molar-refractivity contribution < 1.29 is 47.9 Å². The molecule has 0 atom stereocenters. The van der Waals surface area contributed by atoms with E-state index in [4.69, 9.17) is 0 Å². The van der Waals surface area contributed by atoms with Crippen molar-refractivity contribution in [3.8, 4) is 0 Å². The normalized spacial score (nSPS) is 8.71. The molecule has 0 aromatic carbocycles. The molecule has 0 aliphatic heterocycles. The maximum absolute atomic E-state index is 9.69. The van der Waals surface area contributed by atoms with Gasteiger partial charge in [0, 0.05) is 0 Å². The van der Waals surface area contributed by atoms with Crippen LogP contribution in [0.25, 0.3) is 0 Å². The summed E-state index contributed by atoms with van der Waals surface area (Å²) in [5.41, 5.74) is 0. The molecule has 0 bridgehead atoms. The van der Waals surface area contributed by atoms with Crippen molar-refractivity contribution in [2.24, 2.45) is 0 Å². The van der Waals surface area contributed by atoms with E-state index in [9.17, 15) is 25.5 Å². The molecule has 0 saturated carbocycles. The van der Waals surface area contributed by atoms with Gasteiger partial charge in [-0.3, -0.25) is 0 Å². The molecule has 0 fully saturated rings. The Balaban J connectivity index is -0.0000000625. The third-order valence-electron chi connectivity index (χ3n) is 3.74. The quantitative estimate of drug-likeness (QED) is 0.239. The van der Waals surface area contributed by atoms with Crippen molar-refractivity contribution in [3.05, 3.63) is 0 Å². The second kappa shape index (κ2) is 63.2. The van der Waals surface area contributed by atoms with Gasteiger partial charge in [0.15, 0.2) is 0 Å². The van der Waals surface area contributed by atoms with Crippen molar-refractivity contribution >= 4 is 0 Å². The zero-order chi connectivity index (χ0) is 24.1. The molecule has 0 saturated heterocycles. The third-order valence-corrected chi connectivity index (χ3v) is 3.74. The minimum atomic E-state index is 0. The number of hydrogen-bond acceptors (Lipinski definition) is 5. The molecular weight excluding hydrogens is 473 g/mol. The molecule has 0 aliphatic carbocycles. The van der Waals surface area contributed by atoms with Crippen LogP contribution >= 0.6 is 0 Å². The average molecular weight is 529 g/mol. The van der Waals surface area contributed by atoms with E-state index in [-0.39, 0.29) is 55.4 Å². The van der Waals surface area contributed by atoms with Gasteiger partial charge in [-0.25, -0.2) is 0 Å². The summed E-state index contributed by atoms with van der Waals surface area (Å²) in [5, 5.41) is 48.4. The molecule has 0 N–H and O–H groups in total. The van der Waals surface area contributed by atoms with E-state index in [1.807, 2.05) is 0 Å². The number of unbranched alkanes of at least 4 members (excludes halogenated alkanes) is 10. The summed E-state index contributed by atoms with van der Waals surface area (Å²) in [5.74, 6) is 0. The Labute approximate surface area is 211 Å². The van der Waals surface area contributed by atoms with Crippen LogP contribution < -0.4 is 25.5 Å². The van der Waals surface area contributed by atoms with Crippen LogP contribution in [0, 0.1) is 0 Å². The van der Waals surface area contributed by atoms with Gasteiger partial charge in [0.05, 0.1) is 0 Å². The summed E-state index contributed by atoms with van der Waals surface area (Å²) < 4.78 is 0. The Morgan fingerprint density at radius 1 is 0.290 bits per heavy atom. The Kier molecular flexibility index (Phi) is 91.9. The molecule has 0 rings (SSSR count). The van der Waals surface area contributed by atoms with Gasteiger partial charge in [-0.2, -0.15) is 0 Å². The summed E-state index contributed by atoms with van der Waals surface area (Å²) >= 11 is 0.